The predicted octanol–water partition coefficient (Wildman–Crippen LogP) is 3.68. The van der Waals surface area contributed by atoms with Gasteiger partial charge in [-0.25, -0.2) is 4.39 Å². The second kappa shape index (κ2) is 10.0. The predicted molar refractivity (Wildman–Crippen MR) is 109 cm³/mol. The van der Waals surface area contributed by atoms with Crippen LogP contribution < -0.4 is 10.1 Å². The summed E-state index contributed by atoms with van der Waals surface area (Å²) in [5.74, 6) is -1.05. The van der Waals surface area contributed by atoms with Crippen molar-refractivity contribution in [1.82, 2.24) is 10.2 Å². The van der Waals surface area contributed by atoms with Crippen molar-refractivity contribution in [2.24, 2.45) is 0 Å². The van der Waals surface area contributed by atoms with E-state index in [-0.39, 0.29) is 36.8 Å². The van der Waals surface area contributed by atoms with Gasteiger partial charge in [-0.2, -0.15) is 0 Å². The van der Waals surface area contributed by atoms with Gasteiger partial charge in [0, 0.05) is 12.6 Å². The minimum Gasteiger partial charge on any atom is -0.481 e. The highest BCUT2D eigenvalue weighted by Crippen LogP contribution is 2.19. The van der Waals surface area contributed by atoms with Crippen LogP contribution in [0.15, 0.2) is 54.6 Å². The van der Waals surface area contributed by atoms with Crippen molar-refractivity contribution >= 4 is 11.8 Å². The van der Waals surface area contributed by atoms with E-state index >= 15 is 0 Å². The Morgan fingerprint density at radius 3 is 2.45 bits per heavy atom. The van der Waals surface area contributed by atoms with Gasteiger partial charge in [-0.1, -0.05) is 55.3 Å². The minimum absolute atomic E-state index is 0.0172. The van der Waals surface area contributed by atoms with Crippen molar-refractivity contribution in [3.05, 3.63) is 66.0 Å². The van der Waals surface area contributed by atoms with Crippen LogP contribution >= 0.6 is 0 Å². The molecule has 154 valence electrons. The molecular weight excluding hydrogens is 371 g/mol. The van der Waals surface area contributed by atoms with Crippen molar-refractivity contribution in [3.63, 3.8) is 0 Å². The van der Waals surface area contributed by atoms with E-state index in [1.165, 1.54) is 17.0 Å². The van der Waals surface area contributed by atoms with E-state index in [1.807, 2.05) is 30.3 Å². The van der Waals surface area contributed by atoms with Crippen LogP contribution in [0.2, 0.25) is 0 Å². The summed E-state index contributed by atoms with van der Waals surface area (Å²) in [5.41, 5.74) is 0.909. The van der Waals surface area contributed by atoms with Gasteiger partial charge in [-0.3, -0.25) is 9.59 Å². The first-order chi connectivity index (χ1) is 14.0. The fourth-order valence-electron chi connectivity index (χ4n) is 3.54. The Kier molecular flexibility index (Phi) is 7.22. The third-order valence-corrected chi connectivity index (χ3v) is 5.25. The maximum Gasteiger partial charge on any atom is 0.261 e. The number of benzene rings is 2. The van der Waals surface area contributed by atoms with Crippen LogP contribution in [0.1, 0.15) is 38.2 Å². The zero-order valence-corrected chi connectivity index (χ0v) is 16.6. The second-order valence-electron chi connectivity index (χ2n) is 7.39. The molecule has 2 aromatic carbocycles. The van der Waals surface area contributed by atoms with Crippen molar-refractivity contribution in [3.8, 4) is 5.75 Å². The Balaban J connectivity index is 1.69. The van der Waals surface area contributed by atoms with Crippen LogP contribution in [0.25, 0.3) is 0 Å². The summed E-state index contributed by atoms with van der Waals surface area (Å²) in [6, 6.07) is 14.9. The number of halogens is 1. The molecule has 29 heavy (non-hydrogen) atoms. The number of carbonyl (C=O) groups excluding carboxylic acids is 2. The third-order valence-electron chi connectivity index (χ3n) is 5.25. The summed E-state index contributed by atoms with van der Waals surface area (Å²) in [6.07, 6.45) is 4.17. The number of ether oxygens (including phenoxy) is 1. The highest BCUT2D eigenvalue weighted by molar-refractivity contribution is 5.88. The molecule has 0 radical (unpaired) electrons. The van der Waals surface area contributed by atoms with Crippen LogP contribution in [-0.2, 0) is 16.1 Å². The molecule has 0 saturated heterocycles. The number of carbonyl (C=O) groups is 2. The fourth-order valence-corrected chi connectivity index (χ4v) is 3.54. The smallest absolute Gasteiger partial charge is 0.261 e. The Labute approximate surface area is 170 Å². The second-order valence-corrected chi connectivity index (χ2v) is 7.39. The van der Waals surface area contributed by atoms with Crippen LogP contribution in [0.3, 0.4) is 0 Å². The molecule has 0 spiro atoms. The standard InChI is InChI=1S/C23H27FN2O3/c1-17(23(28)25-19-11-5-6-12-19)26(15-18-9-3-2-4-10-18)22(27)16-29-21-14-8-7-13-20(21)24/h2-4,7-10,13-14,17,19H,5-6,11-12,15-16H2,1H3,(H,25,28). The molecule has 0 bridgehead atoms. The normalized spacial score (nSPS) is 15.0. The van der Waals surface area contributed by atoms with E-state index in [2.05, 4.69) is 5.32 Å². The van der Waals surface area contributed by atoms with E-state index in [4.69, 9.17) is 4.74 Å². The molecule has 3 rings (SSSR count). The first-order valence-corrected chi connectivity index (χ1v) is 10.1. The van der Waals surface area contributed by atoms with E-state index in [1.54, 1.807) is 19.1 Å². The number of rotatable bonds is 8. The quantitative estimate of drug-likeness (QED) is 0.738. The molecule has 2 aromatic rings. The lowest BCUT2D eigenvalue weighted by atomic mass is 10.1. The lowest BCUT2D eigenvalue weighted by Crippen LogP contribution is -2.50. The maximum atomic E-state index is 13.8. The largest absolute Gasteiger partial charge is 0.481 e. The SMILES string of the molecule is CC(C(=O)NC1CCCC1)N(Cc1ccccc1)C(=O)COc1ccccc1F. The Bertz CT molecular complexity index is 822. The van der Waals surface area contributed by atoms with Crippen molar-refractivity contribution < 1.29 is 18.7 Å². The number of para-hydroxylation sites is 1. The van der Waals surface area contributed by atoms with Crippen molar-refractivity contribution in [2.75, 3.05) is 6.61 Å². The van der Waals surface area contributed by atoms with Crippen LogP contribution in [0.4, 0.5) is 4.39 Å². The van der Waals surface area contributed by atoms with Gasteiger partial charge in [0.15, 0.2) is 18.2 Å². The lowest BCUT2D eigenvalue weighted by Gasteiger charge is -2.29. The average Bonchev–Trinajstić information content (AvgIpc) is 3.24. The van der Waals surface area contributed by atoms with Crippen molar-refractivity contribution in [2.45, 2.75) is 51.2 Å². The molecule has 5 nitrogen and oxygen atoms in total. The highest BCUT2D eigenvalue weighted by Gasteiger charge is 2.28. The van der Waals surface area contributed by atoms with Gasteiger partial charge in [0.25, 0.3) is 5.91 Å². The summed E-state index contributed by atoms with van der Waals surface area (Å²) >= 11 is 0. The summed E-state index contributed by atoms with van der Waals surface area (Å²) in [5, 5.41) is 3.05. The lowest BCUT2D eigenvalue weighted by molar-refractivity contribution is -0.142. The zero-order chi connectivity index (χ0) is 20.6. The monoisotopic (exact) mass is 398 g/mol. The van der Waals surface area contributed by atoms with Crippen LogP contribution in [-0.4, -0.2) is 35.4 Å². The molecule has 6 heteroatoms. The minimum atomic E-state index is -0.660. The van der Waals surface area contributed by atoms with Crippen molar-refractivity contribution in [1.29, 1.82) is 0 Å². The first-order valence-electron chi connectivity index (χ1n) is 10.1. The van der Waals surface area contributed by atoms with Gasteiger partial charge in [-0.05, 0) is 37.5 Å². The van der Waals surface area contributed by atoms with E-state index in [0.717, 1.165) is 31.2 Å². The molecule has 1 aliphatic rings. The van der Waals surface area contributed by atoms with Gasteiger partial charge >= 0.3 is 0 Å². The molecular formula is C23H27FN2O3. The van der Waals surface area contributed by atoms with Gasteiger partial charge in [-0.15, -0.1) is 0 Å². The molecule has 0 aliphatic heterocycles. The zero-order valence-electron chi connectivity index (χ0n) is 16.6. The molecule has 1 saturated carbocycles. The molecule has 0 aromatic heterocycles. The number of hydrogen-bond donors (Lipinski definition) is 1. The van der Waals surface area contributed by atoms with E-state index in [9.17, 15) is 14.0 Å². The van der Waals surface area contributed by atoms with Crippen LogP contribution in [0, 0.1) is 5.82 Å². The summed E-state index contributed by atoms with van der Waals surface area (Å²) in [4.78, 5) is 27.2. The molecule has 1 N–H and O–H groups in total. The van der Waals surface area contributed by atoms with E-state index < -0.39 is 11.9 Å². The number of nitrogens with one attached hydrogen (secondary N) is 1. The van der Waals surface area contributed by atoms with E-state index in [0.29, 0.717) is 0 Å². The number of amides is 2. The number of nitrogens with zero attached hydrogens (tertiary/aromatic N) is 1. The fraction of sp³-hybridized carbons (Fsp3) is 0.391. The molecule has 0 heterocycles. The Morgan fingerprint density at radius 1 is 1.10 bits per heavy atom. The summed E-state index contributed by atoms with van der Waals surface area (Å²) < 4.78 is 19.2. The van der Waals surface area contributed by atoms with Gasteiger partial charge in [0.05, 0.1) is 0 Å². The molecule has 1 fully saturated rings. The third kappa shape index (κ3) is 5.79. The maximum absolute atomic E-state index is 13.8. The Morgan fingerprint density at radius 2 is 1.76 bits per heavy atom. The Hall–Kier alpha value is -2.89. The van der Waals surface area contributed by atoms with Gasteiger partial charge in [0.1, 0.15) is 6.04 Å². The topological polar surface area (TPSA) is 58.6 Å². The van der Waals surface area contributed by atoms with Gasteiger partial charge in [0.2, 0.25) is 5.91 Å². The average molecular weight is 398 g/mol. The summed E-state index contributed by atoms with van der Waals surface area (Å²) in [7, 11) is 0. The summed E-state index contributed by atoms with van der Waals surface area (Å²) in [6.45, 7) is 1.66. The van der Waals surface area contributed by atoms with Crippen LogP contribution in [0.5, 0.6) is 5.75 Å². The molecule has 1 atom stereocenters. The molecule has 1 aliphatic carbocycles. The molecule has 1 unspecified atom stereocenters. The first kappa shape index (κ1) is 20.8. The number of hydrogen-bond acceptors (Lipinski definition) is 3. The highest BCUT2D eigenvalue weighted by atomic mass is 19.1. The molecule has 2 amide bonds. The van der Waals surface area contributed by atoms with Gasteiger partial charge < -0.3 is 15.0 Å².